The number of carbonyl (C=O) groups excluding carboxylic acids is 1. The highest BCUT2D eigenvalue weighted by Crippen LogP contribution is 2.36. The second-order valence-electron chi connectivity index (χ2n) is 10.1. The first-order chi connectivity index (χ1) is 18.5. The maximum absolute atomic E-state index is 13.7. The molecule has 3 aromatic rings. The molecule has 1 amide bonds. The number of benzene rings is 1. The Kier molecular flexibility index (Phi) is 7.08. The van der Waals surface area contributed by atoms with Gasteiger partial charge in [-0.25, -0.2) is 0 Å². The van der Waals surface area contributed by atoms with Crippen LogP contribution in [0.4, 0.5) is 24.5 Å². The minimum atomic E-state index is -4.52. The van der Waals surface area contributed by atoms with Crippen LogP contribution in [-0.4, -0.2) is 45.7 Å². The van der Waals surface area contributed by atoms with E-state index in [0.29, 0.717) is 16.9 Å². The standard InChI is InChI=1S/C27H31F3N8O/c1-16-25(38-15-24(34-35-38)23-14-32-37(4)17(23)2)11-20(13-31-16)26(39)33-22-10-19(9-21(12-22)27(28,29)30)18-5-7-36(3)8-6-18/h9-15,18,34-35H,5-8H2,1-4H3,(H,33,39). The Morgan fingerprint density at radius 1 is 1.08 bits per heavy atom. The van der Waals surface area contributed by atoms with Gasteiger partial charge in [-0.2, -0.15) is 18.3 Å². The van der Waals surface area contributed by atoms with E-state index in [-0.39, 0.29) is 17.2 Å². The molecule has 0 unspecified atom stereocenters. The van der Waals surface area contributed by atoms with Gasteiger partial charge in [0.05, 0.1) is 34.4 Å². The van der Waals surface area contributed by atoms with E-state index in [0.717, 1.165) is 49.0 Å². The van der Waals surface area contributed by atoms with Gasteiger partial charge in [0, 0.05) is 36.4 Å². The molecule has 1 aromatic carbocycles. The summed E-state index contributed by atoms with van der Waals surface area (Å²) in [6, 6.07) is 5.49. The molecule has 1 saturated heterocycles. The fraction of sp³-hybridized carbons (Fsp3) is 0.370. The number of aromatic nitrogens is 3. The molecule has 5 rings (SSSR count). The van der Waals surface area contributed by atoms with Gasteiger partial charge in [-0.05, 0) is 82.6 Å². The van der Waals surface area contributed by atoms with Gasteiger partial charge in [-0.15, -0.1) is 5.53 Å². The van der Waals surface area contributed by atoms with Crippen LogP contribution in [0.5, 0.6) is 0 Å². The van der Waals surface area contributed by atoms with Crippen LogP contribution in [0.25, 0.3) is 5.70 Å². The number of anilines is 2. The summed E-state index contributed by atoms with van der Waals surface area (Å²) in [7, 11) is 3.86. The van der Waals surface area contributed by atoms with Crippen molar-refractivity contribution >= 4 is 23.0 Å². The molecule has 2 aliphatic heterocycles. The van der Waals surface area contributed by atoms with E-state index in [2.05, 4.69) is 31.3 Å². The molecule has 206 valence electrons. The number of rotatable bonds is 5. The van der Waals surface area contributed by atoms with Gasteiger partial charge in [0.25, 0.3) is 5.91 Å². The minimum absolute atomic E-state index is 0.00460. The highest BCUT2D eigenvalue weighted by molar-refractivity contribution is 6.04. The van der Waals surface area contributed by atoms with Crippen molar-refractivity contribution in [3.63, 3.8) is 0 Å². The van der Waals surface area contributed by atoms with Gasteiger partial charge >= 0.3 is 6.18 Å². The Bertz CT molecular complexity index is 1420. The quantitative estimate of drug-likeness (QED) is 0.444. The maximum atomic E-state index is 13.7. The third-order valence-corrected chi connectivity index (χ3v) is 7.41. The second-order valence-corrected chi connectivity index (χ2v) is 10.1. The molecule has 0 saturated carbocycles. The van der Waals surface area contributed by atoms with Gasteiger partial charge in [-0.3, -0.25) is 19.5 Å². The van der Waals surface area contributed by atoms with E-state index in [4.69, 9.17) is 0 Å². The van der Waals surface area contributed by atoms with Crippen LogP contribution < -0.4 is 21.3 Å². The number of hydrogen-bond acceptors (Lipinski definition) is 7. The number of hydrazine groups is 2. The van der Waals surface area contributed by atoms with Crippen molar-refractivity contribution in [3.05, 3.63) is 76.5 Å². The minimum Gasteiger partial charge on any atom is -0.322 e. The van der Waals surface area contributed by atoms with Crippen molar-refractivity contribution in [3.8, 4) is 0 Å². The molecule has 0 spiro atoms. The number of nitrogens with zero attached hydrogens (tertiary/aromatic N) is 5. The summed E-state index contributed by atoms with van der Waals surface area (Å²) in [5.74, 6) is -0.540. The number of aryl methyl sites for hydroxylation is 2. The number of piperidine rings is 1. The van der Waals surface area contributed by atoms with Gasteiger partial charge in [0.2, 0.25) is 0 Å². The van der Waals surface area contributed by atoms with Crippen molar-refractivity contribution in [1.82, 2.24) is 30.6 Å². The van der Waals surface area contributed by atoms with Crippen LogP contribution in [0.3, 0.4) is 0 Å². The highest BCUT2D eigenvalue weighted by atomic mass is 19.4. The van der Waals surface area contributed by atoms with E-state index in [1.807, 2.05) is 27.2 Å². The number of hydrogen-bond donors (Lipinski definition) is 3. The predicted molar refractivity (Wildman–Crippen MR) is 143 cm³/mol. The summed E-state index contributed by atoms with van der Waals surface area (Å²) >= 11 is 0. The maximum Gasteiger partial charge on any atom is 0.416 e. The first kappa shape index (κ1) is 26.7. The van der Waals surface area contributed by atoms with Crippen molar-refractivity contribution in [2.45, 2.75) is 38.8 Å². The first-order valence-electron chi connectivity index (χ1n) is 12.7. The molecule has 0 bridgehead atoms. The molecule has 9 nitrogen and oxygen atoms in total. The molecule has 12 heteroatoms. The van der Waals surface area contributed by atoms with E-state index >= 15 is 0 Å². The average molecular weight is 541 g/mol. The fourth-order valence-electron chi connectivity index (χ4n) is 4.90. The summed E-state index contributed by atoms with van der Waals surface area (Å²) < 4.78 is 43.0. The van der Waals surface area contributed by atoms with Crippen molar-refractivity contribution in [2.75, 3.05) is 30.5 Å². The third kappa shape index (κ3) is 5.62. The summed E-state index contributed by atoms with van der Waals surface area (Å²) in [6.45, 7) is 5.39. The van der Waals surface area contributed by atoms with Crippen LogP contribution in [-0.2, 0) is 13.2 Å². The van der Waals surface area contributed by atoms with Crippen LogP contribution in [0.2, 0.25) is 0 Å². The SMILES string of the molecule is Cc1ncc(C(=O)Nc2cc(C3CCN(C)CC3)cc(C(F)(F)F)c2)cc1N1C=C(c2cnn(C)c2C)NN1. The lowest BCUT2D eigenvalue weighted by atomic mass is 9.88. The number of likely N-dealkylation sites (tertiary alicyclic amines) is 1. The number of carbonyl (C=O) groups is 1. The first-order valence-corrected chi connectivity index (χ1v) is 12.7. The number of pyridine rings is 1. The average Bonchev–Trinajstić information content (AvgIpc) is 3.50. The number of amides is 1. The normalized spacial score (nSPS) is 16.8. The zero-order chi connectivity index (χ0) is 27.9. The number of halogens is 3. The monoisotopic (exact) mass is 540 g/mol. The zero-order valence-corrected chi connectivity index (χ0v) is 22.2. The predicted octanol–water partition coefficient (Wildman–Crippen LogP) is 4.34. The van der Waals surface area contributed by atoms with Crippen LogP contribution in [0.1, 0.15) is 57.2 Å². The molecular formula is C27H31F3N8O. The van der Waals surface area contributed by atoms with Crippen LogP contribution >= 0.6 is 0 Å². The topological polar surface area (TPSA) is 90.4 Å². The van der Waals surface area contributed by atoms with Gasteiger partial charge in [0.15, 0.2) is 0 Å². The molecule has 39 heavy (non-hydrogen) atoms. The Morgan fingerprint density at radius 2 is 1.82 bits per heavy atom. The molecule has 3 N–H and O–H groups in total. The van der Waals surface area contributed by atoms with Crippen LogP contribution in [0, 0.1) is 13.8 Å². The largest absolute Gasteiger partial charge is 0.416 e. The molecule has 2 aliphatic rings. The third-order valence-electron chi connectivity index (χ3n) is 7.41. The highest BCUT2D eigenvalue weighted by Gasteiger charge is 2.32. The lowest BCUT2D eigenvalue weighted by Gasteiger charge is -2.29. The molecule has 0 aliphatic carbocycles. The van der Waals surface area contributed by atoms with E-state index in [1.54, 1.807) is 34.9 Å². The second kappa shape index (κ2) is 10.3. The van der Waals surface area contributed by atoms with Crippen LogP contribution in [0.15, 0.2) is 42.9 Å². The van der Waals surface area contributed by atoms with Gasteiger partial charge in [0.1, 0.15) is 0 Å². The Hall–Kier alpha value is -3.90. The lowest BCUT2D eigenvalue weighted by Crippen LogP contribution is -2.36. The molecule has 0 radical (unpaired) electrons. The zero-order valence-electron chi connectivity index (χ0n) is 22.2. The lowest BCUT2D eigenvalue weighted by molar-refractivity contribution is -0.137. The Morgan fingerprint density at radius 3 is 2.49 bits per heavy atom. The summed E-state index contributed by atoms with van der Waals surface area (Å²) in [5.41, 5.74) is 10.2. The molecule has 0 atom stereocenters. The summed E-state index contributed by atoms with van der Waals surface area (Å²) in [6.07, 6.45) is 2.01. The molecule has 1 fully saturated rings. The van der Waals surface area contributed by atoms with Gasteiger partial charge in [-0.1, -0.05) is 0 Å². The van der Waals surface area contributed by atoms with E-state index in [9.17, 15) is 18.0 Å². The molecular weight excluding hydrogens is 509 g/mol. The van der Waals surface area contributed by atoms with Gasteiger partial charge < -0.3 is 15.6 Å². The Labute approximate surface area is 224 Å². The van der Waals surface area contributed by atoms with Crippen molar-refractivity contribution < 1.29 is 18.0 Å². The Balaban J connectivity index is 1.39. The number of alkyl halides is 3. The summed E-state index contributed by atoms with van der Waals surface area (Å²) in [4.78, 5) is 19.7. The van der Waals surface area contributed by atoms with Crippen molar-refractivity contribution in [2.24, 2.45) is 7.05 Å². The molecule has 2 aromatic heterocycles. The van der Waals surface area contributed by atoms with Crippen molar-refractivity contribution in [1.29, 1.82) is 0 Å². The van der Waals surface area contributed by atoms with E-state index < -0.39 is 17.6 Å². The summed E-state index contributed by atoms with van der Waals surface area (Å²) in [5, 5.41) is 8.63. The number of nitrogens with one attached hydrogen (secondary N) is 3. The molecule has 4 heterocycles. The fourth-order valence-corrected chi connectivity index (χ4v) is 4.90. The van der Waals surface area contributed by atoms with E-state index in [1.165, 1.54) is 12.3 Å². The smallest absolute Gasteiger partial charge is 0.322 e.